The molecule has 102 valence electrons. The zero-order valence-electron chi connectivity index (χ0n) is 10.3. The summed E-state index contributed by atoms with van der Waals surface area (Å²) in [6, 6.07) is 7.71. The Morgan fingerprint density at radius 2 is 1.94 bits per heavy atom. The molecule has 2 N–H and O–H groups in total. The Morgan fingerprint density at radius 1 is 1.28 bits per heavy atom. The summed E-state index contributed by atoms with van der Waals surface area (Å²) < 4.78 is 24.9. The van der Waals surface area contributed by atoms with Gasteiger partial charge in [-0.1, -0.05) is 12.1 Å². The van der Waals surface area contributed by atoms with Crippen LogP contribution in [0.2, 0.25) is 0 Å². The van der Waals surface area contributed by atoms with E-state index in [2.05, 4.69) is 16.1 Å². The molecule has 6 heteroatoms. The molecule has 0 bridgehead atoms. The second-order valence-corrected chi connectivity index (χ2v) is 6.27. The van der Waals surface area contributed by atoms with Crippen LogP contribution in [-0.4, -0.2) is 27.8 Å². The molecule has 0 radical (unpaired) electrons. The molecule has 2 rings (SSSR count). The summed E-state index contributed by atoms with van der Waals surface area (Å²) in [5.74, 6) is 0.539. The van der Waals surface area contributed by atoms with Crippen LogP contribution in [0.15, 0.2) is 24.3 Å². The van der Waals surface area contributed by atoms with Crippen LogP contribution in [0.1, 0.15) is 24.3 Å². The summed E-state index contributed by atoms with van der Waals surface area (Å²) >= 11 is 0. The molecule has 0 atom stereocenters. The molecule has 1 aliphatic rings. The van der Waals surface area contributed by atoms with Crippen molar-refractivity contribution >= 4 is 28.1 Å². The van der Waals surface area contributed by atoms with Gasteiger partial charge in [0.1, 0.15) is 0 Å². The fourth-order valence-corrected chi connectivity index (χ4v) is 2.78. The van der Waals surface area contributed by atoms with Crippen molar-refractivity contribution in [1.29, 1.82) is 0 Å². The van der Waals surface area contributed by atoms with Gasteiger partial charge in [0.2, 0.25) is 10.0 Å². The second kappa shape index (κ2) is 6.41. The monoisotopic (exact) mass is 290 g/mol. The standard InChI is InChI=1S/C12H18N2O2S.ClH/c1-17(15,16)14-12-4-2-3-11(9-12)10-5-7-13-8-6-10;/h2-4,9-10,13-14H,5-8H2,1H3;1H. The number of hydrogen-bond acceptors (Lipinski definition) is 3. The highest BCUT2D eigenvalue weighted by Gasteiger charge is 2.15. The highest BCUT2D eigenvalue weighted by atomic mass is 35.5. The van der Waals surface area contributed by atoms with E-state index in [1.165, 1.54) is 11.8 Å². The number of benzene rings is 1. The first-order valence-electron chi connectivity index (χ1n) is 5.83. The number of nitrogens with one attached hydrogen (secondary N) is 2. The average molecular weight is 291 g/mol. The van der Waals surface area contributed by atoms with Crippen molar-refractivity contribution in [3.63, 3.8) is 0 Å². The maximum absolute atomic E-state index is 11.2. The number of halogens is 1. The smallest absolute Gasteiger partial charge is 0.229 e. The second-order valence-electron chi connectivity index (χ2n) is 4.52. The van der Waals surface area contributed by atoms with Gasteiger partial charge in [-0.2, -0.15) is 0 Å². The van der Waals surface area contributed by atoms with Gasteiger partial charge in [0.25, 0.3) is 0 Å². The first-order valence-corrected chi connectivity index (χ1v) is 7.72. The zero-order chi connectivity index (χ0) is 12.3. The van der Waals surface area contributed by atoms with Crippen LogP contribution in [0.5, 0.6) is 0 Å². The van der Waals surface area contributed by atoms with Gasteiger partial charge in [-0.25, -0.2) is 8.42 Å². The molecule has 4 nitrogen and oxygen atoms in total. The van der Waals surface area contributed by atoms with Crippen molar-refractivity contribution in [3.8, 4) is 0 Å². The topological polar surface area (TPSA) is 58.2 Å². The van der Waals surface area contributed by atoms with E-state index in [1.54, 1.807) is 6.07 Å². The lowest BCUT2D eigenvalue weighted by Gasteiger charge is -2.23. The highest BCUT2D eigenvalue weighted by Crippen LogP contribution is 2.27. The van der Waals surface area contributed by atoms with Crippen LogP contribution in [0.25, 0.3) is 0 Å². The van der Waals surface area contributed by atoms with Gasteiger partial charge >= 0.3 is 0 Å². The number of anilines is 1. The van der Waals surface area contributed by atoms with E-state index < -0.39 is 10.0 Å². The Balaban J connectivity index is 0.00000162. The Morgan fingerprint density at radius 3 is 2.56 bits per heavy atom. The largest absolute Gasteiger partial charge is 0.317 e. The SMILES string of the molecule is CS(=O)(=O)Nc1cccc(C2CCNCC2)c1.Cl. The van der Waals surface area contributed by atoms with Crippen molar-refractivity contribution in [2.45, 2.75) is 18.8 Å². The van der Waals surface area contributed by atoms with Crippen LogP contribution in [0, 0.1) is 0 Å². The lowest BCUT2D eigenvalue weighted by molar-refractivity contribution is 0.460. The molecular weight excluding hydrogens is 272 g/mol. The Kier molecular flexibility index (Phi) is 5.44. The first-order chi connectivity index (χ1) is 8.04. The summed E-state index contributed by atoms with van der Waals surface area (Å²) in [5, 5.41) is 3.33. The van der Waals surface area contributed by atoms with Crippen molar-refractivity contribution in [2.24, 2.45) is 0 Å². The van der Waals surface area contributed by atoms with Crippen molar-refractivity contribution < 1.29 is 8.42 Å². The molecule has 1 aromatic carbocycles. The van der Waals surface area contributed by atoms with Gasteiger partial charge in [0, 0.05) is 5.69 Å². The van der Waals surface area contributed by atoms with Crippen LogP contribution < -0.4 is 10.0 Å². The molecule has 0 unspecified atom stereocenters. The zero-order valence-corrected chi connectivity index (χ0v) is 12.0. The van der Waals surface area contributed by atoms with E-state index in [9.17, 15) is 8.42 Å². The minimum absolute atomic E-state index is 0. The molecule has 0 aromatic heterocycles. The summed E-state index contributed by atoms with van der Waals surface area (Å²) in [6.45, 7) is 2.07. The Labute approximate surface area is 115 Å². The van der Waals surface area contributed by atoms with Gasteiger partial charge in [0.05, 0.1) is 6.26 Å². The van der Waals surface area contributed by atoms with Gasteiger partial charge in [0.15, 0.2) is 0 Å². The minimum atomic E-state index is -3.19. The van der Waals surface area contributed by atoms with Gasteiger partial charge in [-0.15, -0.1) is 12.4 Å². The van der Waals surface area contributed by atoms with Crippen LogP contribution in [0.3, 0.4) is 0 Å². The molecule has 1 heterocycles. The maximum Gasteiger partial charge on any atom is 0.229 e. The normalized spacial score (nSPS) is 16.9. The third-order valence-electron chi connectivity index (χ3n) is 3.00. The molecule has 18 heavy (non-hydrogen) atoms. The Bertz CT molecular complexity index is 485. The lowest BCUT2D eigenvalue weighted by atomic mass is 9.90. The fourth-order valence-electron chi connectivity index (χ4n) is 2.23. The van der Waals surface area contributed by atoms with Gasteiger partial charge < -0.3 is 5.32 Å². The van der Waals surface area contributed by atoms with E-state index in [-0.39, 0.29) is 12.4 Å². The molecule has 1 fully saturated rings. The van der Waals surface area contributed by atoms with Gasteiger partial charge in [-0.05, 0) is 49.5 Å². The highest BCUT2D eigenvalue weighted by molar-refractivity contribution is 7.92. The summed E-state index contributed by atoms with van der Waals surface area (Å²) in [7, 11) is -3.19. The van der Waals surface area contributed by atoms with E-state index in [1.807, 2.05) is 12.1 Å². The van der Waals surface area contributed by atoms with Crippen LogP contribution in [-0.2, 0) is 10.0 Å². The van der Waals surface area contributed by atoms with Crippen LogP contribution in [0.4, 0.5) is 5.69 Å². The average Bonchev–Trinajstić information content (AvgIpc) is 2.28. The lowest BCUT2D eigenvalue weighted by Crippen LogP contribution is -2.26. The summed E-state index contributed by atoms with van der Waals surface area (Å²) in [4.78, 5) is 0. The van der Waals surface area contributed by atoms with E-state index in [4.69, 9.17) is 0 Å². The quantitative estimate of drug-likeness (QED) is 0.894. The molecule has 1 saturated heterocycles. The fraction of sp³-hybridized carbons (Fsp3) is 0.500. The molecule has 0 spiro atoms. The van der Waals surface area contributed by atoms with Crippen molar-refractivity contribution in [3.05, 3.63) is 29.8 Å². The molecule has 1 aliphatic heterocycles. The molecule has 0 amide bonds. The van der Waals surface area contributed by atoms with E-state index >= 15 is 0 Å². The van der Waals surface area contributed by atoms with Gasteiger partial charge in [-0.3, -0.25) is 4.72 Å². The minimum Gasteiger partial charge on any atom is -0.317 e. The molecule has 1 aromatic rings. The number of rotatable bonds is 3. The third kappa shape index (κ3) is 4.48. The summed E-state index contributed by atoms with van der Waals surface area (Å²) in [5.41, 5.74) is 1.88. The predicted octanol–water partition coefficient (Wildman–Crippen LogP) is 1.95. The number of piperidine rings is 1. The third-order valence-corrected chi connectivity index (χ3v) is 3.61. The summed E-state index contributed by atoms with van der Waals surface area (Å²) in [6.07, 6.45) is 3.40. The van der Waals surface area contributed by atoms with Crippen molar-refractivity contribution in [2.75, 3.05) is 24.1 Å². The predicted molar refractivity (Wildman–Crippen MR) is 77.0 cm³/mol. The number of hydrogen-bond donors (Lipinski definition) is 2. The molecule has 0 aliphatic carbocycles. The molecular formula is C12H19ClN2O2S. The van der Waals surface area contributed by atoms with Crippen LogP contribution >= 0.6 is 12.4 Å². The van der Waals surface area contributed by atoms with E-state index in [0.29, 0.717) is 11.6 Å². The Hall–Kier alpha value is -0.780. The van der Waals surface area contributed by atoms with E-state index in [0.717, 1.165) is 25.9 Å². The first kappa shape index (κ1) is 15.3. The maximum atomic E-state index is 11.2. The van der Waals surface area contributed by atoms with Crippen molar-refractivity contribution in [1.82, 2.24) is 5.32 Å². The molecule has 0 saturated carbocycles. The number of sulfonamides is 1.